The highest BCUT2D eigenvalue weighted by molar-refractivity contribution is 8.01. The normalized spacial score (nSPS) is 10.6. The van der Waals surface area contributed by atoms with Crippen molar-refractivity contribution in [1.82, 2.24) is 4.98 Å². The van der Waals surface area contributed by atoms with Gasteiger partial charge in [-0.15, -0.1) is 11.3 Å². The van der Waals surface area contributed by atoms with Gasteiger partial charge in [-0.3, -0.25) is 19.7 Å². The first-order valence-electron chi connectivity index (χ1n) is 10.0. The fraction of sp³-hybridized carbons (Fsp3) is 0.0435. The number of carbonyl (C=O) groups excluding carboxylic acids is 2. The predicted molar refractivity (Wildman–Crippen MR) is 133 cm³/mol. The lowest BCUT2D eigenvalue weighted by atomic mass is 10.0. The number of amides is 2. The number of benzene rings is 3. The Morgan fingerprint density at radius 2 is 1.77 bits per heavy atom. The number of thioether (sulfide) groups is 1. The van der Waals surface area contributed by atoms with Crippen molar-refractivity contribution in [2.75, 3.05) is 16.4 Å². The molecule has 0 atom stereocenters. The second-order valence-electron chi connectivity index (χ2n) is 7.08. The Morgan fingerprint density at radius 1 is 1.00 bits per heavy atom. The van der Waals surface area contributed by atoms with Crippen LogP contribution in [0.5, 0.6) is 0 Å². The van der Waals surface area contributed by atoms with Gasteiger partial charge in [-0.25, -0.2) is 9.78 Å². The fourth-order valence-electron chi connectivity index (χ4n) is 3.19. The molecule has 2 amide bonds. The summed E-state index contributed by atoms with van der Waals surface area (Å²) in [4.78, 5) is 51.3. The Labute approximate surface area is 206 Å². The number of fused-ring (bicyclic) bond motifs is 1. The highest BCUT2D eigenvalue weighted by Gasteiger charge is 2.27. The summed E-state index contributed by atoms with van der Waals surface area (Å²) >= 11 is 2.61. The highest BCUT2D eigenvalue weighted by atomic mass is 32.2. The van der Waals surface area contributed by atoms with Crippen molar-refractivity contribution in [3.05, 3.63) is 88.0 Å². The lowest BCUT2D eigenvalue weighted by Crippen LogP contribution is -2.17. The van der Waals surface area contributed by atoms with E-state index in [1.807, 2.05) is 18.2 Å². The minimum Gasteiger partial charge on any atom is -0.477 e. The monoisotopic (exact) mass is 508 g/mol. The maximum Gasteiger partial charge on any atom is 0.343 e. The van der Waals surface area contributed by atoms with Gasteiger partial charge in [0.05, 0.1) is 26.5 Å². The van der Waals surface area contributed by atoms with Gasteiger partial charge < -0.3 is 15.7 Å². The summed E-state index contributed by atoms with van der Waals surface area (Å²) in [6.07, 6.45) is 0. The van der Waals surface area contributed by atoms with E-state index in [-0.39, 0.29) is 17.2 Å². The number of carboxylic acid groups (broad SMARTS) is 1. The molecule has 0 bridgehead atoms. The van der Waals surface area contributed by atoms with E-state index in [9.17, 15) is 29.6 Å². The van der Waals surface area contributed by atoms with Crippen LogP contribution in [0.15, 0.2) is 71.1 Å². The molecule has 0 saturated heterocycles. The summed E-state index contributed by atoms with van der Waals surface area (Å²) in [5.41, 5.74) is 0.0737. The molecule has 176 valence electrons. The van der Waals surface area contributed by atoms with Crippen LogP contribution < -0.4 is 10.6 Å². The van der Waals surface area contributed by atoms with Crippen LogP contribution in [0.2, 0.25) is 0 Å². The summed E-state index contributed by atoms with van der Waals surface area (Å²) in [5, 5.41) is 26.0. The molecular formula is C23H16N4O6S2. The molecule has 0 saturated carbocycles. The van der Waals surface area contributed by atoms with Crippen LogP contribution in [0.25, 0.3) is 10.2 Å². The topological polar surface area (TPSA) is 152 Å². The number of hydrogen-bond acceptors (Lipinski definition) is 8. The molecule has 0 radical (unpaired) electrons. The molecule has 4 rings (SSSR count). The minimum atomic E-state index is -1.57. The van der Waals surface area contributed by atoms with Crippen LogP contribution in [0.4, 0.5) is 17.1 Å². The summed E-state index contributed by atoms with van der Waals surface area (Å²) in [6.45, 7) is 0. The number of thiazole rings is 1. The van der Waals surface area contributed by atoms with E-state index in [1.54, 1.807) is 30.3 Å². The predicted octanol–water partition coefficient (Wildman–Crippen LogP) is 4.89. The number of aromatic carboxylic acids is 1. The third-order valence-electron chi connectivity index (χ3n) is 4.71. The first-order valence-corrected chi connectivity index (χ1v) is 11.8. The lowest BCUT2D eigenvalue weighted by Gasteiger charge is -2.08. The van der Waals surface area contributed by atoms with Crippen molar-refractivity contribution < 1.29 is 24.4 Å². The zero-order valence-electron chi connectivity index (χ0n) is 17.8. The number of nitro groups is 1. The van der Waals surface area contributed by atoms with Crippen LogP contribution in [-0.4, -0.2) is 38.6 Å². The molecule has 1 heterocycles. The third-order valence-corrected chi connectivity index (χ3v) is 6.87. The number of anilines is 2. The second kappa shape index (κ2) is 10.3. The SMILES string of the molecule is O=C(CSc1nc2ccc(NC(=O)c3cccc([N+](=O)[O-])c3C(=O)O)cc2s1)Nc1ccccc1. The van der Waals surface area contributed by atoms with E-state index in [0.29, 0.717) is 21.2 Å². The summed E-state index contributed by atoms with van der Waals surface area (Å²) < 4.78 is 1.41. The number of para-hydroxylation sites is 1. The van der Waals surface area contributed by atoms with Gasteiger partial charge in [0.2, 0.25) is 5.91 Å². The second-order valence-corrected chi connectivity index (χ2v) is 9.33. The molecule has 3 N–H and O–H groups in total. The molecule has 1 aromatic heterocycles. The molecule has 3 aromatic carbocycles. The van der Waals surface area contributed by atoms with Crippen LogP contribution in [0.3, 0.4) is 0 Å². The lowest BCUT2D eigenvalue weighted by molar-refractivity contribution is -0.385. The summed E-state index contributed by atoms with van der Waals surface area (Å²) in [7, 11) is 0. The third kappa shape index (κ3) is 5.62. The van der Waals surface area contributed by atoms with E-state index in [2.05, 4.69) is 15.6 Å². The zero-order chi connectivity index (χ0) is 24.9. The van der Waals surface area contributed by atoms with Crippen molar-refractivity contribution >= 4 is 68.2 Å². The van der Waals surface area contributed by atoms with Crippen LogP contribution in [-0.2, 0) is 4.79 Å². The minimum absolute atomic E-state index is 0.167. The number of carbonyl (C=O) groups is 3. The van der Waals surface area contributed by atoms with Crippen molar-refractivity contribution in [3.63, 3.8) is 0 Å². The molecule has 0 aliphatic rings. The molecule has 10 nitrogen and oxygen atoms in total. The van der Waals surface area contributed by atoms with Gasteiger partial charge in [0, 0.05) is 17.4 Å². The molecule has 35 heavy (non-hydrogen) atoms. The molecular weight excluding hydrogens is 492 g/mol. The smallest absolute Gasteiger partial charge is 0.343 e. The number of nitrogens with one attached hydrogen (secondary N) is 2. The van der Waals surface area contributed by atoms with Crippen LogP contribution >= 0.6 is 23.1 Å². The van der Waals surface area contributed by atoms with Crippen molar-refractivity contribution in [2.24, 2.45) is 0 Å². The van der Waals surface area contributed by atoms with E-state index in [4.69, 9.17) is 0 Å². The molecule has 0 aliphatic carbocycles. The van der Waals surface area contributed by atoms with Crippen molar-refractivity contribution in [1.29, 1.82) is 0 Å². The number of aromatic nitrogens is 1. The number of carboxylic acids is 1. The Kier molecular flexibility index (Phi) is 7.03. The van der Waals surface area contributed by atoms with Gasteiger partial charge in [0.15, 0.2) is 4.34 Å². The quantitative estimate of drug-likeness (QED) is 0.173. The average Bonchev–Trinajstić information content (AvgIpc) is 3.25. The number of nitrogens with zero attached hydrogens (tertiary/aromatic N) is 2. The molecule has 0 aliphatic heterocycles. The van der Waals surface area contributed by atoms with Crippen molar-refractivity contribution in [2.45, 2.75) is 4.34 Å². The molecule has 0 unspecified atom stereocenters. The van der Waals surface area contributed by atoms with Gasteiger partial charge in [-0.05, 0) is 36.4 Å². The van der Waals surface area contributed by atoms with Crippen molar-refractivity contribution in [3.8, 4) is 0 Å². The summed E-state index contributed by atoms with van der Waals surface area (Å²) in [6, 6.07) is 17.5. The van der Waals surface area contributed by atoms with Gasteiger partial charge in [-0.1, -0.05) is 36.0 Å². The first kappa shape index (κ1) is 23.9. The molecule has 0 spiro atoms. The molecule has 12 heteroatoms. The maximum absolute atomic E-state index is 12.7. The van der Waals surface area contributed by atoms with E-state index in [1.165, 1.54) is 35.2 Å². The van der Waals surface area contributed by atoms with E-state index < -0.39 is 28.1 Å². The number of rotatable bonds is 8. The Morgan fingerprint density at radius 3 is 2.49 bits per heavy atom. The molecule has 4 aromatic rings. The number of nitro benzene ring substituents is 1. The number of hydrogen-bond donors (Lipinski definition) is 3. The Bertz CT molecular complexity index is 1460. The molecule has 0 fully saturated rings. The largest absolute Gasteiger partial charge is 0.477 e. The van der Waals surface area contributed by atoms with Gasteiger partial charge in [0.25, 0.3) is 11.6 Å². The highest BCUT2D eigenvalue weighted by Crippen LogP contribution is 2.32. The fourth-order valence-corrected chi connectivity index (χ4v) is 5.10. The maximum atomic E-state index is 12.7. The first-order chi connectivity index (χ1) is 16.8. The average molecular weight is 509 g/mol. The Balaban J connectivity index is 1.47. The van der Waals surface area contributed by atoms with Gasteiger partial charge >= 0.3 is 5.97 Å². The van der Waals surface area contributed by atoms with Gasteiger partial charge in [-0.2, -0.15) is 0 Å². The summed E-state index contributed by atoms with van der Waals surface area (Å²) in [5.74, 6) is -2.36. The Hall–Kier alpha value is -4.29. The van der Waals surface area contributed by atoms with Crippen LogP contribution in [0.1, 0.15) is 20.7 Å². The van der Waals surface area contributed by atoms with Crippen LogP contribution in [0, 0.1) is 10.1 Å². The van der Waals surface area contributed by atoms with E-state index in [0.717, 1.165) is 10.8 Å². The van der Waals surface area contributed by atoms with E-state index >= 15 is 0 Å². The van der Waals surface area contributed by atoms with Gasteiger partial charge in [0.1, 0.15) is 5.56 Å². The standard InChI is InChI=1S/C23H16N4O6S2/c28-19(24-13-5-2-1-3-6-13)12-34-23-26-16-10-9-14(11-18(16)35-23)25-21(29)15-7-4-8-17(27(32)33)20(15)22(30)31/h1-11H,12H2,(H,24,28)(H,25,29)(H,30,31). The zero-order valence-corrected chi connectivity index (χ0v) is 19.4.